The van der Waals surface area contributed by atoms with E-state index in [1.807, 2.05) is 0 Å². The number of carbonyl (C=O) groups is 1. The molecule has 0 aliphatic carbocycles. The molecule has 8 nitrogen and oxygen atoms in total. The molecular formula is C7H11N7O. The molecule has 2 unspecified atom stereocenters. The molecule has 0 aromatic carbocycles. The molecule has 2 aliphatic rings. The topological polar surface area (TPSA) is 144 Å². The van der Waals surface area contributed by atoms with E-state index in [0.29, 0.717) is 5.84 Å². The van der Waals surface area contributed by atoms with E-state index in [1.54, 1.807) is 6.92 Å². The van der Waals surface area contributed by atoms with Gasteiger partial charge in [-0.05, 0) is 6.92 Å². The zero-order valence-electron chi connectivity index (χ0n) is 8.06. The van der Waals surface area contributed by atoms with Crippen LogP contribution in [0.2, 0.25) is 0 Å². The molecule has 2 heterocycles. The smallest absolute Gasteiger partial charge is 0.263 e. The molecule has 0 spiro atoms. The van der Waals surface area contributed by atoms with Gasteiger partial charge in [-0.15, -0.1) is 0 Å². The molecule has 1 amide bonds. The van der Waals surface area contributed by atoms with Crippen molar-refractivity contribution in [1.82, 2.24) is 5.32 Å². The van der Waals surface area contributed by atoms with Gasteiger partial charge >= 0.3 is 0 Å². The first-order valence-electron chi connectivity index (χ1n) is 4.23. The number of nitrogens with zero attached hydrogens (tertiary/aromatic N) is 3. The highest BCUT2D eigenvalue weighted by atomic mass is 16.2. The van der Waals surface area contributed by atoms with Gasteiger partial charge in [-0.25, -0.2) is 9.98 Å². The van der Waals surface area contributed by atoms with Gasteiger partial charge in [0, 0.05) is 0 Å². The molecule has 80 valence electrons. The quantitative estimate of drug-likeness (QED) is 0.370. The first kappa shape index (κ1) is 9.59. The summed E-state index contributed by atoms with van der Waals surface area (Å²) in [5, 5.41) is 2.69. The Kier molecular flexibility index (Phi) is 1.62. The Balaban J connectivity index is 2.62. The van der Waals surface area contributed by atoms with Gasteiger partial charge in [0.2, 0.25) is 5.66 Å². The standard InChI is InChI=1S/C7H11N7O/c1-6-4(11-2-12-6)13-5(9)14-7(6,10)3(8)15/h2H,10H2,1H3,(H2,8,15)(H3,9,11,12,13,14). The largest absolute Gasteiger partial charge is 0.370 e. The van der Waals surface area contributed by atoms with Crippen LogP contribution in [0.4, 0.5) is 0 Å². The third-order valence-corrected chi connectivity index (χ3v) is 2.62. The second-order valence-electron chi connectivity index (χ2n) is 3.55. The molecule has 0 saturated heterocycles. The lowest BCUT2D eigenvalue weighted by Crippen LogP contribution is -2.73. The van der Waals surface area contributed by atoms with E-state index < -0.39 is 17.1 Å². The van der Waals surface area contributed by atoms with Gasteiger partial charge in [0.15, 0.2) is 11.5 Å². The maximum absolute atomic E-state index is 11.3. The van der Waals surface area contributed by atoms with E-state index in [1.165, 1.54) is 6.34 Å². The number of primary amides is 1. The number of hydrogen-bond acceptors (Lipinski definition) is 7. The van der Waals surface area contributed by atoms with Crippen LogP contribution in [0.15, 0.2) is 15.0 Å². The van der Waals surface area contributed by atoms with Gasteiger partial charge in [0.05, 0.1) is 0 Å². The molecule has 2 rings (SSSR count). The summed E-state index contributed by atoms with van der Waals surface area (Å²) >= 11 is 0. The van der Waals surface area contributed by atoms with Crippen LogP contribution in [0, 0.1) is 0 Å². The third-order valence-electron chi connectivity index (χ3n) is 2.62. The summed E-state index contributed by atoms with van der Waals surface area (Å²) in [6.07, 6.45) is 1.29. The fourth-order valence-corrected chi connectivity index (χ4v) is 1.56. The summed E-state index contributed by atoms with van der Waals surface area (Å²) in [4.78, 5) is 23.1. The third kappa shape index (κ3) is 0.988. The van der Waals surface area contributed by atoms with Crippen LogP contribution in [0.3, 0.4) is 0 Å². The molecule has 7 N–H and O–H groups in total. The second-order valence-corrected chi connectivity index (χ2v) is 3.55. The van der Waals surface area contributed by atoms with Crippen molar-refractivity contribution in [3.05, 3.63) is 0 Å². The fourth-order valence-electron chi connectivity index (χ4n) is 1.56. The summed E-state index contributed by atoms with van der Waals surface area (Å²) in [5.41, 5.74) is 13.7. The number of carbonyl (C=O) groups excluding carboxylic acids is 1. The molecule has 8 heteroatoms. The first-order valence-corrected chi connectivity index (χ1v) is 4.23. The molecule has 2 atom stereocenters. The van der Waals surface area contributed by atoms with Gasteiger partial charge < -0.3 is 16.8 Å². The highest BCUT2D eigenvalue weighted by Crippen LogP contribution is 2.31. The number of aliphatic imine (C=N–C) groups is 3. The van der Waals surface area contributed by atoms with Crippen LogP contribution in [0.25, 0.3) is 0 Å². The average Bonchev–Trinajstić information content (AvgIpc) is 2.48. The molecule has 0 bridgehead atoms. The number of fused-ring (bicyclic) bond motifs is 1. The van der Waals surface area contributed by atoms with Crippen LogP contribution in [0.1, 0.15) is 6.92 Å². The van der Waals surface area contributed by atoms with Crippen LogP contribution in [-0.4, -0.2) is 35.2 Å². The molecule has 0 aromatic rings. The SMILES string of the molecule is CC12N=CN=C1NC(N)=NC2(N)C(N)=O. The van der Waals surface area contributed by atoms with Crippen molar-refractivity contribution < 1.29 is 4.79 Å². The minimum atomic E-state index is -1.70. The van der Waals surface area contributed by atoms with Crippen molar-refractivity contribution in [2.24, 2.45) is 32.2 Å². The number of nitrogens with one attached hydrogen (secondary N) is 1. The monoisotopic (exact) mass is 209 g/mol. The molecule has 0 aromatic heterocycles. The molecule has 0 saturated carbocycles. The number of nitrogens with two attached hydrogens (primary N) is 3. The minimum absolute atomic E-state index is 0.00183. The molecule has 15 heavy (non-hydrogen) atoms. The maximum Gasteiger partial charge on any atom is 0.263 e. The van der Waals surface area contributed by atoms with Crippen molar-refractivity contribution in [2.45, 2.75) is 18.1 Å². The first-order chi connectivity index (χ1) is 6.90. The lowest BCUT2D eigenvalue weighted by atomic mass is 9.84. The Morgan fingerprint density at radius 2 is 2.27 bits per heavy atom. The van der Waals surface area contributed by atoms with Gasteiger partial charge in [0.1, 0.15) is 12.2 Å². The molecule has 0 radical (unpaired) electrons. The number of hydrogen-bond donors (Lipinski definition) is 4. The predicted octanol–water partition coefficient (Wildman–Crippen LogP) is -2.76. The average molecular weight is 209 g/mol. The van der Waals surface area contributed by atoms with Crippen molar-refractivity contribution in [1.29, 1.82) is 0 Å². The number of amides is 1. The fraction of sp³-hybridized carbons (Fsp3) is 0.429. The van der Waals surface area contributed by atoms with Crippen LogP contribution in [0.5, 0.6) is 0 Å². The Morgan fingerprint density at radius 3 is 2.87 bits per heavy atom. The molecular weight excluding hydrogens is 198 g/mol. The summed E-state index contributed by atoms with van der Waals surface area (Å²) in [7, 11) is 0. The predicted molar refractivity (Wildman–Crippen MR) is 55.2 cm³/mol. The van der Waals surface area contributed by atoms with E-state index >= 15 is 0 Å². The zero-order chi connectivity index (χ0) is 11.3. The lowest BCUT2D eigenvalue weighted by molar-refractivity contribution is -0.124. The summed E-state index contributed by atoms with van der Waals surface area (Å²) in [6, 6.07) is 0. The summed E-state index contributed by atoms with van der Waals surface area (Å²) < 4.78 is 0. The van der Waals surface area contributed by atoms with Crippen molar-refractivity contribution in [2.75, 3.05) is 0 Å². The maximum atomic E-state index is 11.3. The van der Waals surface area contributed by atoms with Gasteiger partial charge in [-0.1, -0.05) is 0 Å². The summed E-state index contributed by atoms with van der Waals surface area (Å²) in [6.45, 7) is 1.61. The minimum Gasteiger partial charge on any atom is -0.370 e. The zero-order valence-corrected chi connectivity index (χ0v) is 8.06. The van der Waals surface area contributed by atoms with Crippen molar-refractivity contribution >= 4 is 24.0 Å². The van der Waals surface area contributed by atoms with E-state index in [-0.39, 0.29) is 5.96 Å². The van der Waals surface area contributed by atoms with E-state index in [4.69, 9.17) is 17.2 Å². The molecule has 2 aliphatic heterocycles. The number of rotatable bonds is 1. The van der Waals surface area contributed by atoms with Gasteiger partial charge in [-0.3, -0.25) is 15.5 Å². The van der Waals surface area contributed by atoms with Crippen LogP contribution >= 0.6 is 0 Å². The van der Waals surface area contributed by atoms with E-state index in [9.17, 15) is 4.79 Å². The Morgan fingerprint density at radius 1 is 1.60 bits per heavy atom. The van der Waals surface area contributed by atoms with Crippen molar-refractivity contribution in [3.63, 3.8) is 0 Å². The second kappa shape index (κ2) is 2.54. The number of amidine groups is 1. The highest BCUT2D eigenvalue weighted by Gasteiger charge is 2.58. The highest BCUT2D eigenvalue weighted by molar-refractivity contribution is 6.15. The van der Waals surface area contributed by atoms with Crippen LogP contribution in [-0.2, 0) is 4.79 Å². The normalized spacial score (nSPS) is 37.7. The Bertz CT molecular complexity index is 425. The van der Waals surface area contributed by atoms with Gasteiger partial charge in [0.25, 0.3) is 5.91 Å². The van der Waals surface area contributed by atoms with E-state index in [2.05, 4.69) is 20.3 Å². The van der Waals surface area contributed by atoms with Crippen LogP contribution < -0.4 is 22.5 Å². The Labute approximate surface area is 85.3 Å². The molecule has 0 fully saturated rings. The lowest BCUT2D eigenvalue weighted by Gasteiger charge is -2.39. The summed E-state index contributed by atoms with van der Waals surface area (Å²) in [5.74, 6) is -0.435. The number of guanidine groups is 1. The van der Waals surface area contributed by atoms with Crippen molar-refractivity contribution in [3.8, 4) is 0 Å². The Hall–Kier alpha value is -1.96. The van der Waals surface area contributed by atoms with E-state index in [0.717, 1.165) is 0 Å². The van der Waals surface area contributed by atoms with Gasteiger partial charge in [-0.2, -0.15) is 0 Å².